The van der Waals surface area contributed by atoms with Crippen LogP contribution in [0.4, 0.5) is 10.5 Å². The third kappa shape index (κ3) is 3.24. The summed E-state index contributed by atoms with van der Waals surface area (Å²) in [6, 6.07) is 5.24. The van der Waals surface area contributed by atoms with Crippen LogP contribution in [-0.2, 0) is 0 Å². The SMILES string of the molecule is CCN(C(=O)N1CCCCCC1)c1cc(O)ccc1C. The highest BCUT2D eigenvalue weighted by Crippen LogP contribution is 2.26. The highest BCUT2D eigenvalue weighted by Gasteiger charge is 2.23. The summed E-state index contributed by atoms with van der Waals surface area (Å²) in [5, 5.41) is 9.67. The fraction of sp³-hybridized carbons (Fsp3) is 0.562. The first-order valence-electron chi connectivity index (χ1n) is 7.49. The molecule has 0 atom stereocenters. The van der Waals surface area contributed by atoms with Gasteiger partial charge in [0.15, 0.2) is 0 Å². The van der Waals surface area contributed by atoms with E-state index in [0.717, 1.165) is 37.2 Å². The number of aromatic hydroxyl groups is 1. The predicted molar refractivity (Wildman–Crippen MR) is 81.3 cm³/mol. The lowest BCUT2D eigenvalue weighted by Crippen LogP contribution is -2.44. The second-order valence-corrected chi connectivity index (χ2v) is 5.40. The smallest absolute Gasteiger partial charge is 0.324 e. The molecule has 2 amide bonds. The van der Waals surface area contributed by atoms with Gasteiger partial charge < -0.3 is 10.0 Å². The molecule has 0 radical (unpaired) electrons. The van der Waals surface area contributed by atoms with Gasteiger partial charge in [-0.1, -0.05) is 18.9 Å². The maximum absolute atomic E-state index is 12.7. The van der Waals surface area contributed by atoms with E-state index in [1.165, 1.54) is 12.8 Å². The van der Waals surface area contributed by atoms with Crippen LogP contribution in [0.5, 0.6) is 5.75 Å². The molecule has 1 aliphatic rings. The monoisotopic (exact) mass is 276 g/mol. The molecule has 1 heterocycles. The van der Waals surface area contributed by atoms with Gasteiger partial charge in [0.25, 0.3) is 0 Å². The van der Waals surface area contributed by atoms with Crippen molar-refractivity contribution >= 4 is 11.7 Å². The van der Waals surface area contributed by atoms with E-state index in [1.807, 2.05) is 24.8 Å². The molecule has 4 nitrogen and oxygen atoms in total. The number of carbonyl (C=O) groups excluding carboxylic acids is 1. The quantitative estimate of drug-likeness (QED) is 0.898. The molecule has 0 aliphatic carbocycles. The minimum atomic E-state index is 0.0584. The van der Waals surface area contributed by atoms with Gasteiger partial charge in [-0.05, 0) is 38.3 Å². The average Bonchev–Trinajstić information content (AvgIpc) is 2.72. The molecule has 0 unspecified atom stereocenters. The van der Waals surface area contributed by atoms with Crippen LogP contribution in [-0.4, -0.2) is 35.7 Å². The van der Waals surface area contributed by atoms with Crippen LogP contribution in [0.2, 0.25) is 0 Å². The Morgan fingerprint density at radius 3 is 2.50 bits per heavy atom. The zero-order chi connectivity index (χ0) is 14.5. The van der Waals surface area contributed by atoms with Crippen LogP contribution in [0.25, 0.3) is 0 Å². The van der Waals surface area contributed by atoms with Crippen molar-refractivity contribution in [1.29, 1.82) is 0 Å². The van der Waals surface area contributed by atoms with E-state index in [-0.39, 0.29) is 11.8 Å². The number of urea groups is 1. The molecule has 0 spiro atoms. The number of carbonyl (C=O) groups is 1. The number of nitrogens with zero attached hydrogens (tertiary/aromatic N) is 2. The minimum Gasteiger partial charge on any atom is -0.508 e. The van der Waals surface area contributed by atoms with Crippen LogP contribution in [0.3, 0.4) is 0 Å². The van der Waals surface area contributed by atoms with E-state index in [4.69, 9.17) is 0 Å². The summed E-state index contributed by atoms with van der Waals surface area (Å²) in [4.78, 5) is 16.4. The molecule has 1 fully saturated rings. The van der Waals surface area contributed by atoms with E-state index < -0.39 is 0 Å². The lowest BCUT2D eigenvalue weighted by atomic mass is 10.1. The van der Waals surface area contributed by atoms with Gasteiger partial charge in [-0.3, -0.25) is 4.90 Å². The molecule has 1 aromatic carbocycles. The van der Waals surface area contributed by atoms with Crippen molar-refractivity contribution in [3.05, 3.63) is 23.8 Å². The van der Waals surface area contributed by atoms with Crippen molar-refractivity contribution in [2.24, 2.45) is 0 Å². The minimum absolute atomic E-state index is 0.0584. The molecule has 1 N–H and O–H groups in total. The number of benzene rings is 1. The summed E-state index contributed by atoms with van der Waals surface area (Å²) in [6.45, 7) is 6.23. The van der Waals surface area contributed by atoms with Gasteiger partial charge in [0, 0.05) is 25.7 Å². The number of phenols is 1. The van der Waals surface area contributed by atoms with Gasteiger partial charge in [0.2, 0.25) is 0 Å². The Balaban J connectivity index is 2.22. The Hall–Kier alpha value is -1.71. The number of rotatable bonds is 2. The van der Waals surface area contributed by atoms with E-state index in [0.29, 0.717) is 6.54 Å². The molecule has 0 saturated carbocycles. The third-order valence-corrected chi connectivity index (χ3v) is 3.91. The first kappa shape index (κ1) is 14.7. The van der Waals surface area contributed by atoms with Gasteiger partial charge in [-0.2, -0.15) is 0 Å². The standard InChI is InChI=1S/C16H24N2O2/c1-3-18(15-12-14(19)9-8-13(15)2)16(20)17-10-6-4-5-7-11-17/h8-9,12,19H,3-7,10-11H2,1-2H3. The number of likely N-dealkylation sites (tertiary alicyclic amines) is 1. The Labute approximate surface area is 121 Å². The molecule has 1 aliphatic heterocycles. The van der Waals surface area contributed by atoms with Crippen molar-refractivity contribution < 1.29 is 9.90 Å². The molecule has 1 aromatic rings. The molecular weight excluding hydrogens is 252 g/mol. The molecule has 20 heavy (non-hydrogen) atoms. The summed E-state index contributed by atoms with van der Waals surface area (Å²) in [5.41, 5.74) is 1.81. The summed E-state index contributed by atoms with van der Waals surface area (Å²) in [5.74, 6) is 0.202. The first-order chi connectivity index (χ1) is 9.63. The third-order valence-electron chi connectivity index (χ3n) is 3.91. The lowest BCUT2D eigenvalue weighted by molar-refractivity contribution is 0.207. The molecular formula is C16H24N2O2. The highest BCUT2D eigenvalue weighted by molar-refractivity contribution is 5.93. The summed E-state index contributed by atoms with van der Waals surface area (Å²) in [7, 11) is 0. The fourth-order valence-corrected chi connectivity index (χ4v) is 2.73. The second-order valence-electron chi connectivity index (χ2n) is 5.40. The van der Waals surface area contributed by atoms with Gasteiger partial charge in [0.05, 0.1) is 5.69 Å². The predicted octanol–water partition coefficient (Wildman–Crippen LogP) is 3.52. The normalized spacial score (nSPS) is 15.8. The number of aryl methyl sites for hydroxylation is 1. The molecule has 110 valence electrons. The zero-order valence-corrected chi connectivity index (χ0v) is 12.4. The first-order valence-corrected chi connectivity index (χ1v) is 7.49. The lowest BCUT2D eigenvalue weighted by Gasteiger charge is -2.30. The molecule has 2 rings (SSSR count). The van der Waals surface area contributed by atoms with Gasteiger partial charge >= 0.3 is 6.03 Å². The number of anilines is 1. The van der Waals surface area contributed by atoms with E-state index in [2.05, 4.69) is 0 Å². The Bertz CT molecular complexity index is 466. The molecule has 4 heteroatoms. The van der Waals surface area contributed by atoms with E-state index >= 15 is 0 Å². The van der Waals surface area contributed by atoms with Crippen LogP contribution in [0.1, 0.15) is 38.2 Å². The van der Waals surface area contributed by atoms with Gasteiger partial charge in [-0.25, -0.2) is 4.79 Å². The number of amides is 2. The van der Waals surface area contributed by atoms with Crippen molar-refractivity contribution in [3.63, 3.8) is 0 Å². The highest BCUT2D eigenvalue weighted by atomic mass is 16.3. The van der Waals surface area contributed by atoms with Crippen LogP contribution >= 0.6 is 0 Å². The molecule has 0 bridgehead atoms. The van der Waals surface area contributed by atoms with Crippen molar-refractivity contribution in [3.8, 4) is 5.75 Å². The fourth-order valence-electron chi connectivity index (χ4n) is 2.73. The van der Waals surface area contributed by atoms with E-state index in [1.54, 1.807) is 17.0 Å². The van der Waals surface area contributed by atoms with Gasteiger partial charge in [0.1, 0.15) is 5.75 Å². The summed E-state index contributed by atoms with van der Waals surface area (Å²) < 4.78 is 0. The zero-order valence-electron chi connectivity index (χ0n) is 12.4. The maximum atomic E-state index is 12.7. The Kier molecular flexibility index (Phi) is 4.88. The van der Waals surface area contributed by atoms with Crippen molar-refractivity contribution in [2.45, 2.75) is 39.5 Å². The van der Waals surface area contributed by atoms with E-state index in [9.17, 15) is 9.90 Å². The Morgan fingerprint density at radius 1 is 1.25 bits per heavy atom. The van der Waals surface area contributed by atoms with Crippen LogP contribution < -0.4 is 4.90 Å². The number of hydrogen-bond donors (Lipinski definition) is 1. The number of phenolic OH excluding ortho intramolecular Hbond substituents is 1. The average molecular weight is 276 g/mol. The van der Waals surface area contributed by atoms with Crippen molar-refractivity contribution in [1.82, 2.24) is 4.90 Å². The largest absolute Gasteiger partial charge is 0.508 e. The second kappa shape index (κ2) is 6.64. The number of hydrogen-bond acceptors (Lipinski definition) is 2. The molecule has 0 aromatic heterocycles. The van der Waals surface area contributed by atoms with Crippen LogP contribution in [0.15, 0.2) is 18.2 Å². The van der Waals surface area contributed by atoms with Crippen LogP contribution in [0, 0.1) is 6.92 Å². The maximum Gasteiger partial charge on any atom is 0.324 e. The van der Waals surface area contributed by atoms with Crippen molar-refractivity contribution in [2.75, 3.05) is 24.5 Å². The molecule has 1 saturated heterocycles. The Morgan fingerprint density at radius 2 is 1.90 bits per heavy atom. The summed E-state index contributed by atoms with van der Waals surface area (Å²) >= 11 is 0. The summed E-state index contributed by atoms with van der Waals surface area (Å²) in [6.07, 6.45) is 4.59. The van der Waals surface area contributed by atoms with Gasteiger partial charge in [-0.15, -0.1) is 0 Å². The topological polar surface area (TPSA) is 43.8 Å².